The molecular weight excluding hydrogens is 246 g/mol. The zero-order valence-electron chi connectivity index (χ0n) is 11.6. The number of nitrogens with zero attached hydrogens (tertiary/aromatic N) is 1. The molecule has 1 aliphatic heterocycles. The van der Waals surface area contributed by atoms with Crippen LogP contribution >= 0.6 is 11.8 Å². The third-order valence-electron chi connectivity index (χ3n) is 3.17. The Balaban J connectivity index is 2.37. The van der Waals surface area contributed by atoms with Gasteiger partial charge in [0.25, 0.3) is 0 Å². The van der Waals surface area contributed by atoms with Crippen molar-refractivity contribution in [3.63, 3.8) is 0 Å². The minimum absolute atomic E-state index is 0.146. The van der Waals surface area contributed by atoms with Crippen molar-refractivity contribution in [2.45, 2.75) is 45.1 Å². The van der Waals surface area contributed by atoms with E-state index in [1.54, 1.807) is 11.8 Å². The summed E-state index contributed by atoms with van der Waals surface area (Å²) >= 11 is 1.59. The topological polar surface area (TPSA) is 33.5 Å². The highest BCUT2D eigenvalue weighted by molar-refractivity contribution is 7.98. The van der Waals surface area contributed by atoms with Crippen LogP contribution in [0.3, 0.4) is 0 Å². The van der Waals surface area contributed by atoms with E-state index < -0.39 is 0 Å². The van der Waals surface area contributed by atoms with Gasteiger partial charge in [0.2, 0.25) is 11.8 Å². The molecule has 0 spiro atoms. The lowest BCUT2D eigenvalue weighted by molar-refractivity contribution is -0.126. The molecule has 0 radical (unpaired) electrons. The Bertz CT molecular complexity index is 445. The Morgan fingerprint density at radius 2 is 2.11 bits per heavy atom. The number of carbonyl (C=O) groups excluding carboxylic acids is 1. The van der Waals surface area contributed by atoms with Gasteiger partial charge in [0.15, 0.2) is 5.09 Å². The first-order chi connectivity index (χ1) is 8.43. The van der Waals surface area contributed by atoms with E-state index in [1.165, 1.54) is 5.56 Å². The Morgan fingerprint density at radius 3 is 2.72 bits per heavy atom. The predicted molar refractivity (Wildman–Crippen MR) is 75.2 cm³/mol. The molecule has 0 aliphatic carbocycles. The number of amides is 1. The fourth-order valence-corrected chi connectivity index (χ4v) is 2.61. The van der Waals surface area contributed by atoms with Gasteiger partial charge < -0.3 is 4.42 Å². The summed E-state index contributed by atoms with van der Waals surface area (Å²) in [6, 6.07) is 2.08. The van der Waals surface area contributed by atoms with Crippen LogP contribution in [0.2, 0.25) is 0 Å². The third kappa shape index (κ3) is 2.58. The lowest BCUT2D eigenvalue weighted by Crippen LogP contribution is -2.39. The highest BCUT2D eigenvalue weighted by Crippen LogP contribution is 2.35. The molecule has 0 N–H and O–H groups in total. The van der Waals surface area contributed by atoms with Crippen LogP contribution in [0.5, 0.6) is 0 Å². The Kier molecular flexibility index (Phi) is 3.76. The molecular formula is C14H21NO2S. The first-order valence-corrected chi connectivity index (χ1v) is 7.64. The molecule has 3 nitrogen and oxygen atoms in total. The summed E-state index contributed by atoms with van der Waals surface area (Å²) in [7, 11) is 0. The molecule has 1 amide bonds. The largest absolute Gasteiger partial charge is 0.434 e. The van der Waals surface area contributed by atoms with E-state index in [1.807, 2.05) is 31.9 Å². The molecule has 100 valence electrons. The average molecular weight is 267 g/mol. The van der Waals surface area contributed by atoms with Crippen molar-refractivity contribution in [1.29, 1.82) is 0 Å². The minimum atomic E-state index is -0.367. The average Bonchev–Trinajstić information content (AvgIpc) is 2.61. The molecule has 0 aromatic carbocycles. The van der Waals surface area contributed by atoms with Crippen LogP contribution in [-0.4, -0.2) is 18.7 Å². The Morgan fingerprint density at radius 1 is 1.39 bits per heavy atom. The van der Waals surface area contributed by atoms with Crippen LogP contribution in [0.15, 0.2) is 15.6 Å². The molecule has 18 heavy (non-hydrogen) atoms. The van der Waals surface area contributed by atoms with Gasteiger partial charge in [-0.05, 0) is 31.6 Å². The number of anilines is 1. The quantitative estimate of drug-likeness (QED) is 0.727. The van der Waals surface area contributed by atoms with Gasteiger partial charge in [-0.25, -0.2) is 0 Å². The molecule has 1 aromatic heterocycles. The van der Waals surface area contributed by atoms with E-state index >= 15 is 0 Å². The van der Waals surface area contributed by atoms with E-state index in [2.05, 4.69) is 6.07 Å². The lowest BCUT2D eigenvalue weighted by Gasteiger charge is -2.27. The van der Waals surface area contributed by atoms with Crippen LogP contribution < -0.4 is 4.90 Å². The molecule has 0 bridgehead atoms. The number of carbonyl (C=O) groups is 1. The van der Waals surface area contributed by atoms with Crippen molar-refractivity contribution >= 4 is 23.6 Å². The molecule has 0 saturated carbocycles. The smallest absolute Gasteiger partial charge is 0.234 e. The molecule has 4 heteroatoms. The maximum atomic E-state index is 12.5. The van der Waals surface area contributed by atoms with Gasteiger partial charge >= 0.3 is 0 Å². The lowest BCUT2D eigenvalue weighted by atomic mass is 9.94. The van der Waals surface area contributed by atoms with Crippen LogP contribution in [-0.2, 0) is 11.2 Å². The number of rotatable bonds is 1. The minimum Gasteiger partial charge on any atom is -0.434 e. The van der Waals surface area contributed by atoms with E-state index in [0.717, 1.165) is 36.8 Å². The van der Waals surface area contributed by atoms with Gasteiger partial charge in [-0.1, -0.05) is 32.5 Å². The van der Waals surface area contributed by atoms with Crippen LogP contribution in [0.4, 0.5) is 5.88 Å². The molecule has 0 atom stereocenters. The first-order valence-electron chi connectivity index (χ1n) is 6.42. The predicted octanol–water partition coefficient (Wildman–Crippen LogP) is 3.72. The zero-order valence-corrected chi connectivity index (χ0v) is 12.4. The van der Waals surface area contributed by atoms with Crippen LogP contribution in [0.25, 0.3) is 0 Å². The van der Waals surface area contributed by atoms with Gasteiger partial charge in [-0.2, -0.15) is 0 Å². The number of thioether (sulfide) groups is 1. The normalized spacial score (nSPS) is 16.3. The zero-order chi connectivity index (χ0) is 13.3. The molecule has 2 rings (SSSR count). The summed E-state index contributed by atoms with van der Waals surface area (Å²) in [5.41, 5.74) is 0.808. The summed E-state index contributed by atoms with van der Waals surface area (Å²) < 4.78 is 5.83. The second kappa shape index (κ2) is 5.00. The number of hydrogen-bond acceptors (Lipinski definition) is 3. The van der Waals surface area contributed by atoms with E-state index in [-0.39, 0.29) is 11.3 Å². The second-order valence-corrected chi connectivity index (χ2v) is 6.57. The van der Waals surface area contributed by atoms with Gasteiger partial charge in [0, 0.05) is 17.5 Å². The molecule has 0 unspecified atom stereocenters. The molecule has 0 saturated heterocycles. The van der Waals surface area contributed by atoms with Crippen molar-refractivity contribution in [2.24, 2.45) is 5.41 Å². The van der Waals surface area contributed by atoms with Gasteiger partial charge in [0.05, 0.1) is 0 Å². The Labute approximate surface area is 113 Å². The number of aryl methyl sites for hydroxylation is 1. The monoisotopic (exact) mass is 267 g/mol. The van der Waals surface area contributed by atoms with Crippen molar-refractivity contribution in [2.75, 3.05) is 17.7 Å². The van der Waals surface area contributed by atoms with Gasteiger partial charge in [0.1, 0.15) is 0 Å². The van der Waals surface area contributed by atoms with Crippen molar-refractivity contribution in [3.05, 3.63) is 11.6 Å². The van der Waals surface area contributed by atoms with E-state index in [0.29, 0.717) is 0 Å². The summed E-state index contributed by atoms with van der Waals surface area (Å²) in [6.45, 7) is 6.64. The second-order valence-electron chi connectivity index (χ2n) is 5.76. The summed E-state index contributed by atoms with van der Waals surface area (Å²) in [5, 5.41) is 0.897. The highest BCUT2D eigenvalue weighted by atomic mass is 32.2. The van der Waals surface area contributed by atoms with E-state index in [4.69, 9.17) is 4.42 Å². The summed E-state index contributed by atoms with van der Waals surface area (Å²) in [6.07, 6.45) is 5.16. The summed E-state index contributed by atoms with van der Waals surface area (Å²) in [5.74, 6) is 0.921. The molecule has 0 fully saturated rings. The van der Waals surface area contributed by atoms with E-state index in [9.17, 15) is 4.79 Å². The van der Waals surface area contributed by atoms with Gasteiger partial charge in [-0.3, -0.25) is 9.69 Å². The SMILES string of the molecule is CSc1cc2c(o1)N(C(=O)C(C)(C)C)CCCC2. The molecule has 1 aromatic rings. The fraction of sp³-hybridized carbons (Fsp3) is 0.643. The first kappa shape index (κ1) is 13.5. The van der Waals surface area contributed by atoms with Gasteiger partial charge in [-0.15, -0.1) is 0 Å². The maximum Gasteiger partial charge on any atom is 0.234 e. The maximum absolute atomic E-state index is 12.5. The number of furan rings is 1. The van der Waals surface area contributed by atoms with Crippen LogP contribution in [0, 0.1) is 5.41 Å². The number of fused-ring (bicyclic) bond motifs is 1. The summed E-state index contributed by atoms with van der Waals surface area (Å²) in [4.78, 5) is 14.3. The highest BCUT2D eigenvalue weighted by Gasteiger charge is 2.32. The van der Waals surface area contributed by atoms with Crippen LogP contribution in [0.1, 0.15) is 39.2 Å². The standard InChI is InChI=1S/C14H21NO2S/c1-14(2,3)13(16)15-8-6-5-7-10-9-11(18-4)17-12(10)15/h9H,5-8H2,1-4H3. The van der Waals surface area contributed by atoms with Crippen molar-refractivity contribution in [3.8, 4) is 0 Å². The number of hydrogen-bond donors (Lipinski definition) is 0. The van der Waals surface area contributed by atoms with Crippen molar-refractivity contribution < 1.29 is 9.21 Å². The third-order valence-corrected chi connectivity index (χ3v) is 3.78. The fourth-order valence-electron chi connectivity index (χ4n) is 2.19. The Hall–Kier alpha value is -0.900. The van der Waals surface area contributed by atoms with Crippen molar-refractivity contribution in [1.82, 2.24) is 0 Å². The molecule has 2 heterocycles. The molecule has 1 aliphatic rings.